The highest BCUT2D eigenvalue weighted by Gasteiger charge is 2.14. The number of hydrogen-bond acceptors (Lipinski definition) is 3. The van der Waals surface area contributed by atoms with Crippen molar-refractivity contribution in [3.05, 3.63) is 40.7 Å². The zero-order valence-corrected chi connectivity index (χ0v) is 12.8. The summed E-state index contributed by atoms with van der Waals surface area (Å²) >= 11 is 1.73. The van der Waals surface area contributed by atoms with E-state index in [0.29, 0.717) is 6.54 Å². The van der Waals surface area contributed by atoms with Gasteiger partial charge in [-0.25, -0.2) is 4.68 Å². The number of aryl methyl sites for hydroxylation is 1. The largest absolute Gasteiger partial charge is 0.326 e. The Kier molecular flexibility index (Phi) is 4.32. The molecule has 1 heterocycles. The van der Waals surface area contributed by atoms with Crippen LogP contribution in [0.25, 0.3) is 5.69 Å². The standard InChI is InChI=1S/C15H21N3S/c1-5-12-10(2)17-18(11(12)3)14-7-6-8-15(19-4)13(14)9-16/h6-8H,5,9,16H2,1-4H3. The van der Waals surface area contributed by atoms with Crippen LogP contribution in [0.4, 0.5) is 0 Å². The van der Waals surface area contributed by atoms with Gasteiger partial charge >= 0.3 is 0 Å². The Hall–Kier alpha value is -1.26. The Balaban J connectivity index is 2.65. The number of benzene rings is 1. The van der Waals surface area contributed by atoms with Gasteiger partial charge in [0, 0.05) is 22.7 Å². The first-order valence-electron chi connectivity index (χ1n) is 6.55. The molecular formula is C15H21N3S. The van der Waals surface area contributed by atoms with Crippen molar-refractivity contribution in [2.75, 3.05) is 6.26 Å². The van der Waals surface area contributed by atoms with Crippen molar-refractivity contribution < 1.29 is 0 Å². The average Bonchev–Trinajstić information content (AvgIpc) is 2.72. The molecule has 0 radical (unpaired) electrons. The monoisotopic (exact) mass is 275 g/mol. The first kappa shape index (κ1) is 14.2. The van der Waals surface area contributed by atoms with Crippen LogP contribution in [0.2, 0.25) is 0 Å². The molecule has 0 aliphatic rings. The molecule has 1 aromatic heterocycles. The van der Waals surface area contributed by atoms with Gasteiger partial charge in [0.25, 0.3) is 0 Å². The minimum Gasteiger partial charge on any atom is -0.326 e. The predicted octanol–water partition coefficient (Wildman–Crippen LogP) is 3.23. The molecule has 0 atom stereocenters. The highest BCUT2D eigenvalue weighted by molar-refractivity contribution is 7.98. The molecule has 2 N–H and O–H groups in total. The van der Waals surface area contributed by atoms with E-state index >= 15 is 0 Å². The van der Waals surface area contributed by atoms with Gasteiger partial charge in [-0.05, 0) is 44.2 Å². The van der Waals surface area contributed by atoms with E-state index in [0.717, 1.165) is 17.8 Å². The molecular weight excluding hydrogens is 254 g/mol. The molecule has 0 saturated carbocycles. The van der Waals surface area contributed by atoms with Crippen LogP contribution < -0.4 is 5.73 Å². The number of thioether (sulfide) groups is 1. The van der Waals surface area contributed by atoms with Crippen molar-refractivity contribution >= 4 is 11.8 Å². The summed E-state index contributed by atoms with van der Waals surface area (Å²) in [6.07, 6.45) is 3.09. The van der Waals surface area contributed by atoms with Crippen LogP contribution >= 0.6 is 11.8 Å². The molecule has 19 heavy (non-hydrogen) atoms. The molecule has 102 valence electrons. The van der Waals surface area contributed by atoms with Crippen molar-refractivity contribution in [1.29, 1.82) is 0 Å². The van der Waals surface area contributed by atoms with Crippen molar-refractivity contribution in [2.24, 2.45) is 5.73 Å². The third-order valence-corrected chi connectivity index (χ3v) is 4.38. The molecule has 3 nitrogen and oxygen atoms in total. The maximum atomic E-state index is 5.94. The Labute approximate surface area is 119 Å². The van der Waals surface area contributed by atoms with E-state index < -0.39 is 0 Å². The maximum absolute atomic E-state index is 5.94. The molecule has 0 fully saturated rings. The first-order chi connectivity index (χ1) is 9.13. The minimum absolute atomic E-state index is 0.534. The number of nitrogens with two attached hydrogens (primary N) is 1. The second kappa shape index (κ2) is 5.80. The van der Waals surface area contributed by atoms with E-state index in [2.05, 4.69) is 50.3 Å². The van der Waals surface area contributed by atoms with Gasteiger partial charge in [-0.2, -0.15) is 5.10 Å². The summed E-state index contributed by atoms with van der Waals surface area (Å²) in [7, 11) is 0. The van der Waals surface area contributed by atoms with Gasteiger partial charge in [0.05, 0.1) is 11.4 Å². The van der Waals surface area contributed by atoms with Crippen LogP contribution in [0.1, 0.15) is 29.4 Å². The zero-order valence-electron chi connectivity index (χ0n) is 12.0. The quantitative estimate of drug-likeness (QED) is 0.871. The number of nitrogens with zero attached hydrogens (tertiary/aromatic N) is 2. The zero-order chi connectivity index (χ0) is 14.0. The fraction of sp³-hybridized carbons (Fsp3) is 0.400. The van der Waals surface area contributed by atoms with Crippen LogP contribution in [0, 0.1) is 13.8 Å². The Morgan fingerprint density at radius 1 is 1.26 bits per heavy atom. The summed E-state index contributed by atoms with van der Waals surface area (Å²) in [4.78, 5) is 1.23. The van der Waals surface area contributed by atoms with Gasteiger partial charge in [0.1, 0.15) is 0 Å². The van der Waals surface area contributed by atoms with Gasteiger partial charge < -0.3 is 5.73 Å². The lowest BCUT2D eigenvalue weighted by Gasteiger charge is -2.13. The molecule has 0 spiro atoms. The van der Waals surface area contributed by atoms with Gasteiger partial charge in [-0.3, -0.25) is 0 Å². The Bertz CT molecular complexity index is 587. The maximum Gasteiger partial charge on any atom is 0.0704 e. The topological polar surface area (TPSA) is 43.8 Å². The summed E-state index contributed by atoms with van der Waals surface area (Å²) in [5.74, 6) is 0. The normalized spacial score (nSPS) is 11.0. The number of aromatic nitrogens is 2. The second-order valence-electron chi connectivity index (χ2n) is 4.58. The molecule has 0 amide bonds. The number of hydrogen-bond donors (Lipinski definition) is 1. The Morgan fingerprint density at radius 3 is 2.53 bits per heavy atom. The van der Waals surface area contributed by atoms with Crippen molar-refractivity contribution in [3.63, 3.8) is 0 Å². The first-order valence-corrected chi connectivity index (χ1v) is 7.77. The lowest BCUT2D eigenvalue weighted by molar-refractivity contribution is 0.810. The SMILES string of the molecule is CCc1c(C)nn(-c2cccc(SC)c2CN)c1C. The van der Waals surface area contributed by atoms with Gasteiger partial charge in [-0.1, -0.05) is 13.0 Å². The smallest absolute Gasteiger partial charge is 0.0704 e. The van der Waals surface area contributed by atoms with E-state index in [1.54, 1.807) is 11.8 Å². The third kappa shape index (κ3) is 2.42. The van der Waals surface area contributed by atoms with Gasteiger partial charge in [0.15, 0.2) is 0 Å². The Morgan fingerprint density at radius 2 is 2.00 bits per heavy atom. The van der Waals surface area contributed by atoms with Crippen LogP contribution in [0.15, 0.2) is 23.1 Å². The van der Waals surface area contributed by atoms with E-state index in [9.17, 15) is 0 Å². The van der Waals surface area contributed by atoms with Crippen LogP contribution in [-0.2, 0) is 13.0 Å². The molecule has 2 aromatic rings. The van der Waals surface area contributed by atoms with Crippen molar-refractivity contribution in [2.45, 2.75) is 38.6 Å². The lowest BCUT2D eigenvalue weighted by atomic mass is 10.1. The molecule has 0 aliphatic heterocycles. The summed E-state index contributed by atoms with van der Waals surface area (Å²) in [6.45, 7) is 6.91. The van der Waals surface area contributed by atoms with E-state index in [1.165, 1.54) is 21.7 Å². The van der Waals surface area contributed by atoms with E-state index in [-0.39, 0.29) is 0 Å². The number of rotatable bonds is 4. The fourth-order valence-corrected chi connectivity index (χ4v) is 3.22. The highest BCUT2D eigenvalue weighted by Crippen LogP contribution is 2.27. The van der Waals surface area contributed by atoms with Crippen molar-refractivity contribution in [3.8, 4) is 5.69 Å². The molecule has 0 aliphatic carbocycles. The predicted molar refractivity (Wildman–Crippen MR) is 82.1 cm³/mol. The summed E-state index contributed by atoms with van der Waals surface area (Å²) in [5.41, 5.74) is 11.9. The third-order valence-electron chi connectivity index (χ3n) is 3.56. The van der Waals surface area contributed by atoms with Crippen LogP contribution in [0.3, 0.4) is 0 Å². The van der Waals surface area contributed by atoms with Crippen LogP contribution in [-0.4, -0.2) is 16.0 Å². The minimum atomic E-state index is 0.534. The van der Waals surface area contributed by atoms with E-state index in [1.807, 2.05) is 4.68 Å². The molecule has 0 saturated heterocycles. The lowest BCUT2D eigenvalue weighted by Crippen LogP contribution is -2.08. The summed E-state index contributed by atoms with van der Waals surface area (Å²) in [5, 5.41) is 4.69. The molecule has 4 heteroatoms. The molecule has 1 aromatic carbocycles. The molecule has 0 bridgehead atoms. The second-order valence-corrected chi connectivity index (χ2v) is 5.42. The fourth-order valence-electron chi connectivity index (χ4n) is 2.57. The van der Waals surface area contributed by atoms with Gasteiger partial charge in [0.2, 0.25) is 0 Å². The average molecular weight is 275 g/mol. The van der Waals surface area contributed by atoms with Gasteiger partial charge in [-0.15, -0.1) is 11.8 Å². The van der Waals surface area contributed by atoms with Crippen molar-refractivity contribution in [1.82, 2.24) is 9.78 Å². The van der Waals surface area contributed by atoms with Crippen LogP contribution in [0.5, 0.6) is 0 Å². The van der Waals surface area contributed by atoms with E-state index in [4.69, 9.17) is 5.73 Å². The summed E-state index contributed by atoms with van der Waals surface area (Å²) < 4.78 is 2.04. The molecule has 0 unspecified atom stereocenters. The molecule has 2 rings (SSSR count). The highest BCUT2D eigenvalue weighted by atomic mass is 32.2. The summed E-state index contributed by atoms with van der Waals surface area (Å²) in [6, 6.07) is 6.28.